The molecule has 0 amide bonds. The summed E-state index contributed by atoms with van der Waals surface area (Å²) >= 11 is 0. The Kier molecular flexibility index (Phi) is 5.55. The molecule has 5 heteroatoms. The predicted molar refractivity (Wildman–Crippen MR) is 103 cm³/mol. The highest BCUT2D eigenvalue weighted by Gasteiger charge is 2.09. The molecule has 0 fully saturated rings. The van der Waals surface area contributed by atoms with E-state index in [9.17, 15) is 5.26 Å². The lowest BCUT2D eigenvalue weighted by molar-refractivity contribution is 0.480. The van der Waals surface area contributed by atoms with E-state index in [-0.39, 0.29) is 0 Å². The van der Waals surface area contributed by atoms with Gasteiger partial charge in [-0.2, -0.15) is 5.26 Å². The van der Waals surface area contributed by atoms with E-state index in [1.165, 1.54) is 0 Å². The smallest absolute Gasteiger partial charge is 0.145 e. The second kappa shape index (κ2) is 8.21. The van der Waals surface area contributed by atoms with Gasteiger partial charge in [0.05, 0.1) is 11.9 Å². The van der Waals surface area contributed by atoms with Crippen LogP contribution in [-0.2, 0) is 6.54 Å². The van der Waals surface area contributed by atoms with E-state index in [0.29, 0.717) is 17.9 Å². The zero-order valence-corrected chi connectivity index (χ0v) is 15.1. The molecule has 0 spiro atoms. The molecule has 0 atom stereocenters. The summed E-state index contributed by atoms with van der Waals surface area (Å²) in [5.74, 6) is 1.30. The quantitative estimate of drug-likeness (QED) is 0.634. The van der Waals surface area contributed by atoms with E-state index in [4.69, 9.17) is 4.74 Å². The molecule has 5 nitrogen and oxygen atoms in total. The van der Waals surface area contributed by atoms with Gasteiger partial charge in [-0.1, -0.05) is 12.1 Å². The van der Waals surface area contributed by atoms with Crippen molar-refractivity contribution in [3.05, 3.63) is 72.3 Å². The molecular weight excluding hydrogens is 324 g/mol. The van der Waals surface area contributed by atoms with Crippen LogP contribution >= 0.6 is 0 Å². The van der Waals surface area contributed by atoms with Crippen molar-refractivity contribution in [1.29, 1.82) is 5.26 Å². The summed E-state index contributed by atoms with van der Waals surface area (Å²) < 4.78 is 8.04. The summed E-state index contributed by atoms with van der Waals surface area (Å²) in [5, 5.41) is 9.41. The van der Waals surface area contributed by atoms with Crippen LogP contribution in [-0.4, -0.2) is 22.6 Å². The van der Waals surface area contributed by atoms with Crippen molar-refractivity contribution in [3.63, 3.8) is 0 Å². The first-order chi connectivity index (χ1) is 12.7. The molecule has 0 saturated heterocycles. The summed E-state index contributed by atoms with van der Waals surface area (Å²) in [6, 6.07) is 15.8. The van der Waals surface area contributed by atoms with Crippen LogP contribution in [0.15, 0.2) is 61.2 Å². The molecule has 0 saturated carbocycles. The van der Waals surface area contributed by atoms with E-state index in [1.807, 2.05) is 41.1 Å². The van der Waals surface area contributed by atoms with Crippen molar-refractivity contribution in [2.45, 2.75) is 20.4 Å². The van der Waals surface area contributed by atoms with Crippen molar-refractivity contribution in [2.24, 2.45) is 0 Å². The second-order valence-corrected chi connectivity index (χ2v) is 5.95. The molecule has 0 N–H and O–H groups in total. The Morgan fingerprint density at radius 3 is 2.69 bits per heavy atom. The maximum absolute atomic E-state index is 9.41. The first-order valence-electron chi connectivity index (χ1n) is 8.75. The average Bonchev–Trinajstić information content (AvgIpc) is 3.16. The summed E-state index contributed by atoms with van der Waals surface area (Å²) in [6.07, 6.45) is 5.43. The molecule has 2 aromatic carbocycles. The van der Waals surface area contributed by atoms with Crippen LogP contribution < -0.4 is 9.64 Å². The maximum Gasteiger partial charge on any atom is 0.145 e. The highest BCUT2D eigenvalue weighted by atomic mass is 16.5. The van der Waals surface area contributed by atoms with Gasteiger partial charge in [0, 0.05) is 43.8 Å². The zero-order valence-electron chi connectivity index (χ0n) is 15.1. The molecule has 0 aliphatic heterocycles. The van der Waals surface area contributed by atoms with E-state index in [1.54, 1.807) is 18.6 Å². The predicted octanol–water partition coefficient (Wildman–Crippen LogP) is 4.44. The van der Waals surface area contributed by atoms with Gasteiger partial charge in [-0.15, -0.1) is 0 Å². The lowest BCUT2D eigenvalue weighted by atomic mass is 10.1. The van der Waals surface area contributed by atoms with Crippen LogP contribution in [0.25, 0.3) is 0 Å². The monoisotopic (exact) mass is 346 g/mol. The fourth-order valence-electron chi connectivity index (χ4n) is 2.89. The van der Waals surface area contributed by atoms with E-state index < -0.39 is 0 Å². The van der Waals surface area contributed by atoms with E-state index in [2.05, 4.69) is 35.9 Å². The number of hydrogen-bond acceptors (Lipinski definition) is 4. The Morgan fingerprint density at radius 1 is 1.15 bits per heavy atom. The molecule has 3 aromatic rings. The zero-order chi connectivity index (χ0) is 18.4. The number of nitriles is 1. The highest BCUT2D eigenvalue weighted by molar-refractivity contribution is 5.53. The summed E-state index contributed by atoms with van der Waals surface area (Å²) in [6.45, 7) is 6.81. The first kappa shape index (κ1) is 17.6. The Balaban J connectivity index is 1.86. The van der Waals surface area contributed by atoms with Gasteiger partial charge < -0.3 is 14.2 Å². The van der Waals surface area contributed by atoms with Gasteiger partial charge in [0.25, 0.3) is 0 Å². The number of rotatable bonds is 7. The molecular formula is C21H22N4O. The van der Waals surface area contributed by atoms with Crippen LogP contribution in [0, 0.1) is 11.3 Å². The SMILES string of the molecule is CCN(CC)c1cccc(Oc2cc(Cn3ccnc3)ccc2C#N)c1. The van der Waals surface area contributed by atoms with Gasteiger partial charge in [-0.05, 0) is 43.7 Å². The normalized spacial score (nSPS) is 10.3. The molecule has 3 rings (SSSR count). The largest absolute Gasteiger partial charge is 0.456 e. The summed E-state index contributed by atoms with van der Waals surface area (Å²) in [7, 11) is 0. The lowest BCUT2D eigenvalue weighted by Gasteiger charge is -2.21. The van der Waals surface area contributed by atoms with Crippen LogP contribution in [0.5, 0.6) is 11.5 Å². The Labute approximate surface area is 154 Å². The molecule has 0 aliphatic rings. The summed E-state index contributed by atoms with van der Waals surface area (Å²) in [4.78, 5) is 6.32. The van der Waals surface area contributed by atoms with Crippen molar-refractivity contribution in [3.8, 4) is 17.6 Å². The average molecular weight is 346 g/mol. The number of ether oxygens (including phenoxy) is 1. The summed E-state index contributed by atoms with van der Waals surface area (Å²) in [5.41, 5.74) is 2.69. The minimum Gasteiger partial charge on any atom is -0.456 e. The third-order valence-corrected chi connectivity index (χ3v) is 4.26. The Hall–Kier alpha value is -3.26. The van der Waals surface area contributed by atoms with Gasteiger partial charge in [0.1, 0.15) is 17.6 Å². The van der Waals surface area contributed by atoms with Crippen LogP contribution in [0.2, 0.25) is 0 Å². The fourth-order valence-corrected chi connectivity index (χ4v) is 2.89. The topological polar surface area (TPSA) is 54.1 Å². The van der Waals surface area contributed by atoms with Crippen LogP contribution in [0.1, 0.15) is 25.0 Å². The van der Waals surface area contributed by atoms with Crippen molar-refractivity contribution in [2.75, 3.05) is 18.0 Å². The van der Waals surface area contributed by atoms with E-state index in [0.717, 1.165) is 30.1 Å². The molecule has 0 radical (unpaired) electrons. The molecule has 0 unspecified atom stereocenters. The lowest BCUT2D eigenvalue weighted by Crippen LogP contribution is -2.21. The fraction of sp³-hybridized carbons (Fsp3) is 0.238. The maximum atomic E-state index is 9.41. The number of imidazole rings is 1. The van der Waals surface area contributed by atoms with E-state index >= 15 is 0 Å². The molecule has 0 bridgehead atoms. The van der Waals surface area contributed by atoms with Gasteiger partial charge in [0.2, 0.25) is 0 Å². The molecule has 1 aromatic heterocycles. The third kappa shape index (κ3) is 4.04. The van der Waals surface area contributed by atoms with Crippen LogP contribution in [0.3, 0.4) is 0 Å². The minimum atomic E-state index is 0.521. The van der Waals surface area contributed by atoms with Crippen LogP contribution in [0.4, 0.5) is 5.69 Å². The van der Waals surface area contributed by atoms with Crippen molar-refractivity contribution >= 4 is 5.69 Å². The molecule has 0 aliphatic carbocycles. The molecule has 1 heterocycles. The highest BCUT2D eigenvalue weighted by Crippen LogP contribution is 2.29. The van der Waals surface area contributed by atoms with Crippen molar-refractivity contribution in [1.82, 2.24) is 9.55 Å². The third-order valence-electron chi connectivity index (χ3n) is 4.26. The first-order valence-corrected chi connectivity index (χ1v) is 8.75. The van der Waals surface area contributed by atoms with Gasteiger partial charge in [-0.3, -0.25) is 0 Å². The second-order valence-electron chi connectivity index (χ2n) is 5.95. The molecule has 26 heavy (non-hydrogen) atoms. The van der Waals surface area contributed by atoms with Gasteiger partial charge in [-0.25, -0.2) is 4.98 Å². The number of benzene rings is 2. The van der Waals surface area contributed by atoms with Gasteiger partial charge >= 0.3 is 0 Å². The number of anilines is 1. The number of aromatic nitrogens is 2. The minimum absolute atomic E-state index is 0.521. The van der Waals surface area contributed by atoms with Gasteiger partial charge in [0.15, 0.2) is 0 Å². The van der Waals surface area contributed by atoms with Crippen molar-refractivity contribution < 1.29 is 4.74 Å². The Bertz CT molecular complexity index is 893. The molecule has 132 valence electrons. The number of nitrogens with zero attached hydrogens (tertiary/aromatic N) is 4. The standard InChI is InChI=1S/C21H22N4O/c1-3-25(4-2)19-6-5-7-20(13-19)26-21-12-17(8-9-18(21)14-22)15-24-11-10-23-16-24/h5-13,16H,3-4,15H2,1-2H3. The Morgan fingerprint density at radius 2 is 2.00 bits per heavy atom. The number of hydrogen-bond donors (Lipinski definition) is 0.